The molecular weight excluding hydrogens is 224 g/mol. The zero-order valence-electron chi connectivity index (χ0n) is 9.04. The van der Waals surface area contributed by atoms with Gasteiger partial charge >= 0.3 is 0 Å². The Morgan fingerprint density at radius 1 is 1.25 bits per heavy atom. The molecule has 1 aliphatic carbocycles. The fourth-order valence-corrected chi connectivity index (χ4v) is 4.00. The Morgan fingerprint density at radius 3 is 2.38 bits per heavy atom. The first-order valence-electron chi connectivity index (χ1n) is 5.33. The first-order valence-corrected chi connectivity index (χ1v) is 7.05. The molecule has 1 fully saturated rings. The fraction of sp³-hybridized carbons (Fsp3) is 0.417. The molecule has 0 unspecified atom stereocenters. The van der Waals surface area contributed by atoms with Crippen molar-refractivity contribution in [3.63, 3.8) is 0 Å². The molecule has 0 heterocycles. The predicted octanol–water partition coefficient (Wildman–Crippen LogP) is 1.40. The number of sulfone groups is 1. The monoisotopic (exact) mass is 238 g/mol. The van der Waals surface area contributed by atoms with Crippen molar-refractivity contribution in [1.82, 2.24) is 0 Å². The zero-order chi connectivity index (χ0) is 11.8. The quantitative estimate of drug-likeness (QED) is 0.745. The van der Waals surface area contributed by atoms with E-state index in [1.165, 1.54) is 0 Å². The summed E-state index contributed by atoms with van der Waals surface area (Å²) in [5.41, 5.74) is 0.946. The minimum atomic E-state index is -3.11. The van der Waals surface area contributed by atoms with E-state index in [1.807, 2.05) is 30.3 Å². The highest BCUT2D eigenvalue weighted by Gasteiger charge is 2.57. The molecule has 1 aromatic rings. The standard InChI is InChI=1S/C12H14O3S/c1-2-16(14,15)12-10(8-13)11(12)9-6-4-3-5-7-9/h3-8,10-12H,2H2,1H3/t10-,11-,12-/m1/s1. The van der Waals surface area contributed by atoms with Gasteiger partial charge in [0.05, 0.1) is 5.25 Å². The molecule has 0 aliphatic heterocycles. The first-order chi connectivity index (χ1) is 7.61. The SMILES string of the molecule is CCS(=O)(=O)[C@@H]1[C@H](C=O)[C@H]1c1ccccc1. The Labute approximate surface area is 95.4 Å². The van der Waals surface area contributed by atoms with Crippen LogP contribution in [0.1, 0.15) is 18.4 Å². The third-order valence-electron chi connectivity index (χ3n) is 3.17. The van der Waals surface area contributed by atoms with Crippen LogP contribution >= 0.6 is 0 Å². The molecule has 0 aromatic heterocycles. The van der Waals surface area contributed by atoms with E-state index in [2.05, 4.69) is 0 Å². The summed E-state index contributed by atoms with van der Waals surface area (Å²) in [4.78, 5) is 10.9. The van der Waals surface area contributed by atoms with Gasteiger partial charge in [0.15, 0.2) is 9.84 Å². The summed E-state index contributed by atoms with van der Waals surface area (Å²) < 4.78 is 23.5. The molecule has 0 N–H and O–H groups in total. The molecule has 0 spiro atoms. The summed E-state index contributed by atoms with van der Waals surface area (Å²) in [6.45, 7) is 1.62. The van der Waals surface area contributed by atoms with E-state index in [-0.39, 0.29) is 17.6 Å². The van der Waals surface area contributed by atoms with E-state index < -0.39 is 15.1 Å². The van der Waals surface area contributed by atoms with Crippen LogP contribution in [0.4, 0.5) is 0 Å². The Bertz CT molecular complexity index is 478. The fourth-order valence-electron chi connectivity index (χ4n) is 2.21. The molecule has 1 aromatic carbocycles. The Hall–Kier alpha value is -1.16. The number of hydrogen-bond donors (Lipinski definition) is 0. The molecule has 2 rings (SSSR count). The van der Waals surface area contributed by atoms with Crippen molar-refractivity contribution in [3.05, 3.63) is 35.9 Å². The maximum Gasteiger partial charge on any atom is 0.154 e. The van der Waals surface area contributed by atoms with E-state index in [1.54, 1.807) is 6.92 Å². The highest BCUT2D eigenvalue weighted by atomic mass is 32.2. The predicted molar refractivity (Wildman–Crippen MR) is 62.0 cm³/mol. The molecule has 4 heteroatoms. The lowest BCUT2D eigenvalue weighted by Gasteiger charge is -1.99. The van der Waals surface area contributed by atoms with Crippen LogP contribution < -0.4 is 0 Å². The van der Waals surface area contributed by atoms with E-state index in [0.717, 1.165) is 11.8 Å². The van der Waals surface area contributed by atoms with Crippen LogP contribution in [0.15, 0.2) is 30.3 Å². The average molecular weight is 238 g/mol. The van der Waals surface area contributed by atoms with Crippen molar-refractivity contribution in [2.45, 2.75) is 18.1 Å². The van der Waals surface area contributed by atoms with E-state index in [9.17, 15) is 13.2 Å². The van der Waals surface area contributed by atoms with Crippen molar-refractivity contribution in [1.29, 1.82) is 0 Å². The average Bonchev–Trinajstić information content (AvgIpc) is 3.05. The van der Waals surface area contributed by atoms with Gasteiger partial charge in [0.1, 0.15) is 6.29 Å². The highest BCUT2D eigenvalue weighted by Crippen LogP contribution is 2.51. The molecule has 0 amide bonds. The summed E-state index contributed by atoms with van der Waals surface area (Å²) in [6.07, 6.45) is 0.773. The van der Waals surface area contributed by atoms with Crippen molar-refractivity contribution >= 4 is 16.1 Å². The van der Waals surface area contributed by atoms with Crippen molar-refractivity contribution < 1.29 is 13.2 Å². The zero-order valence-corrected chi connectivity index (χ0v) is 9.85. The molecule has 1 saturated carbocycles. The van der Waals surface area contributed by atoms with Gasteiger partial charge in [-0.15, -0.1) is 0 Å². The number of benzene rings is 1. The molecule has 3 atom stereocenters. The Morgan fingerprint density at radius 2 is 1.88 bits per heavy atom. The van der Waals surface area contributed by atoms with Gasteiger partial charge in [0.2, 0.25) is 0 Å². The van der Waals surface area contributed by atoms with Crippen LogP contribution in [-0.4, -0.2) is 25.7 Å². The van der Waals surface area contributed by atoms with Crippen LogP contribution in [0.2, 0.25) is 0 Å². The van der Waals surface area contributed by atoms with Crippen LogP contribution in [0.25, 0.3) is 0 Å². The summed E-state index contributed by atoms with van der Waals surface area (Å²) in [5, 5.41) is -0.502. The van der Waals surface area contributed by atoms with Crippen molar-refractivity contribution in [3.8, 4) is 0 Å². The second-order valence-electron chi connectivity index (χ2n) is 4.07. The topological polar surface area (TPSA) is 51.2 Å². The first kappa shape index (κ1) is 11.3. The lowest BCUT2D eigenvalue weighted by Crippen LogP contribution is -2.12. The molecule has 86 valence electrons. The third-order valence-corrected chi connectivity index (χ3v) is 5.41. The van der Waals surface area contributed by atoms with Crippen LogP contribution in [0, 0.1) is 5.92 Å². The van der Waals surface area contributed by atoms with Crippen molar-refractivity contribution in [2.24, 2.45) is 5.92 Å². The molecule has 0 bridgehead atoms. The van der Waals surface area contributed by atoms with Crippen molar-refractivity contribution in [2.75, 3.05) is 5.75 Å². The van der Waals surface area contributed by atoms with Crippen LogP contribution in [-0.2, 0) is 14.6 Å². The van der Waals surface area contributed by atoms with E-state index in [4.69, 9.17) is 0 Å². The molecule has 16 heavy (non-hydrogen) atoms. The summed E-state index contributed by atoms with van der Waals surface area (Å²) in [7, 11) is -3.11. The third kappa shape index (κ3) is 1.78. The minimum absolute atomic E-state index is 0.103. The van der Waals surface area contributed by atoms with Gasteiger partial charge in [-0.05, 0) is 5.56 Å². The minimum Gasteiger partial charge on any atom is -0.303 e. The van der Waals surface area contributed by atoms with Gasteiger partial charge < -0.3 is 4.79 Å². The number of rotatable bonds is 4. The van der Waals surface area contributed by atoms with E-state index >= 15 is 0 Å². The maximum absolute atomic E-state index is 11.8. The molecular formula is C12H14O3S. The van der Waals surface area contributed by atoms with Gasteiger partial charge in [-0.25, -0.2) is 8.42 Å². The molecule has 1 aliphatic rings. The number of aldehydes is 1. The van der Waals surface area contributed by atoms with E-state index in [0.29, 0.717) is 0 Å². The van der Waals surface area contributed by atoms with Crippen LogP contribution in [0.5, 0.6) is 0 Å². The number of carbonyl (C=O) groups excluding carboxylic acids is 1. The lowest BCUT2D eigenvalue weighted by molar-refractivity contribution is -0.108. The smallest absolute Gasteiger partial charge is 0.154 e. The van der Waals surface area contributed by atoms with Gasteiger partial charge in [0, 0.05) is 17.6 Å². The molecule has 3 nitrogen and oxygen atoms in total. The second kappa shape index (κ2) is 4.01. The molecule has 0 radical (unpaired) electrons. The van der Waals surface area contributed by atoms with Gasteiger partial charge in [0.25, 0.3) is 0 Å². The number of hydrogen-bond acceptors (Lipinski definition) is 3. The maximum atomic E-state index is 11.8. The Balaban J connectivity index is 2.29. The van der Waals surface area contributed by atoms with Gasteiger partial charge in [-0.3, -0.25) is 0 Å². The highest BCUT2D eigenvalue weighted by molar-refractivity contribution is 7.92. The van der Waals surface area contributed by atoms with Crippen LogP contribution in [0.3, 0.4) is 0 Å². The summed E-state index contributed by atoms with van der Waals surface area (Å²) >= 11 is 0. The van der Waals surface area contributed by atoms with Gasteiger partial charge in [-0.1, -0.05) is 37.3 Å². The normalized spacial score (nSPS) is 28.7. The second-order valence-corrected chi connectivity index (χ2v) is 6.51. The lowest BCUT2D eigenvalue weighted by atomic mass is 10.1. The van der Waals surface area contributed by atoms with Gasteiger partial charge in [-0.2, -0.15) is 0 Å². The molecule has 0 saturated heterocycles. The summed E-state index contributed by atoms with van der Waals surface area (Å²) in [5.74, 6) is -0.387. The Kier molecular flexibility index (Phi) is 2.84. The largest absolute Gasteiger partial charge is 0.303 e. The number of carbonyl (C=O) groups is 1. The summed E-state index contributed by atoms with van der Waals surface area (Å²) in [6, 6.07) is 9.38.